The molecule has 3 aromatic carbocycles. The summed E-state index contributed by atoms with van der Waals surface area (Å²) in [5.74, 6) is -1.57. The van der Waals surface area contributed by atoms with Crippen LogP contribution in [0, 0.1) is 17.0 Å². The number of likely N-dealkylation sites (N-methyl/N-ethyl adjacent to an activating group) is 1. The van der Waals surface area contributed by atoms with Crippen molar-refractivity contribution in [3.63, 3.8) is 0 Å². The molecular formula is C30H25ClF2N8O. The summed E-state index contributed by atoms with van der Waals surface area (Å²) < 4.78 is 29.6. The van der Waals surface area contributed by atoms with Gasteiger partial charge in [0.1, 0.15) is 11.6 Å². The Morgan fingerprint density at radius 1 is 1.05 bits per heavy atom. The van der Waals surface area contributed by atoms with Crippen molar-refractivity contribution in [3.05, 3.63) is 106 Å². The van der Waals surface area contributed by atoms with Gasteiger partial charge in [-0.15, -0.1) is 0 Å². The van der Waals surface area contributed by atoms with Crippen LogP contribution in [0.25, 0.3) is 11.3 Å². The van der Waals surface area contributed by atoms with Crippen molar-refractivity contribution in [1.29, 1.82) is 5.41 Å². The number of halogens is 3. The predicted octanol–water partition coefficient (Wildman–Crippen LogP) is 4.74. The molecular weight excluding hydrogens is 562 g/mol. The second-order valence-electron chi connectivity index (χ2n) is 9.92. The van der Waals surface area contributed by atoms with Gasteiger partial charge in [0.05, 0.1) is 23.5 Å². The molecule has 0 atom stereocenters. The van der Waals surface area contributed by atoms with Gasteiger partial charge in [0, 0.05) is 58.3 Å². The lowest BCUT2D eigenvalue weighted by Gasteiger charge is -2.40. The average Bonchev–Trinajstić information content (AvgIpc) is 3.09. The van der Waals surface area contributed by atoms with Gasteiger partial charge in [0.2, 0.25) is 5.95 Å². The molecule has 4 aromatic rings. The van der Waals surface area contributed by atoms with Gasteiger partial charge in [-0.2, -0.15) is 0 Å². The molecule has 1 saturated heterocycles. The van der Waals surface area contributed by atoms with Crippen molar-refractivity contribution >= 4 is 40.8 Å². The first-order valence-electron chi connectivity index (χ1n) is 13.1. The van der Waals surface area contributed by atoms with Gasteiger partial charge in [-0.25, -0.2) is 18.7 Å². The molecule has 6 rings (SSSR count). The van der Waals surface area contributed by atoms with Crippen molar-refractivity contribution in [2.45, 2.75) is 12.6 Å². The molecule has 4 N–H and O–H groups in total. The standard InChI is InChI=1S/C30H25ClF2N8O/c1-35-20-14-41(15-20)29(34)40-28(42)16-4-2-5-19(10-16)38-30-37-13-17-12-36-27(25-23(32)6-3-7-24(25)33)22-11-18(31)8-9-21(22)26(17)39-30/h2-11,13,20,35H,12,14-15H2,1H3,(H2,34,40,42)(H,37,38,39). The number of carbonyl (C=O) groups is 1. The highest BCUT2D eigenvalue weighted by atomic mass is 35.5. The van der Waals surface area contributed by atoms with Crippen molar-refractivity contribution in [3.8, 4) is 11.3 Å². The molecule has 0 radical (unpaired) electrons. The Bertz CT molecular complexity index is 1740. The van der Waals surface area contributed by atoms with E-state index in [0.717, 1.165) is 0 Å². The largest absolute Gasteiger partial charge is 0.340 e. The third-order valence-electron chi connectivity index (χ3n) is 7.18. The zero-order valence-electron chi connectivity index (χ0n) is 22.4. The molecule has 2 aliphatic rings. The summed E-state index contributed by atoms with van der Waals surface area (Å²) in [6.45, 7) is 1.41. The zero-order chi connectivity index (χ0) is 29.4. The average molecular weight is 587 g/mol. The second-order valence-corrected chi connectivity index (χ2v) is 10.4. The van der Waals surface area contributed by atoms with Crippen molar-refractivity contribution in [2.75, 3.05) is 25.5 Å². The highest BCUT2D eigenvalue weighted by Gasteiger charge is 2.28. The number of nitrogens with one attached hydrogen (secondary N) is 4. The van der Waals surface area contributed by atoms with Crippen molar-refractivity contribution in [1.82, 2.24) is 25.5 Å². The molecule has 0 aliphatic carbocycles. The van der Waals surface area contributed by atoms with E-state index in [-0.39, 0.29) is 29.7 Å². The number of carbonyl (C=O) groups excluding carboxylic acids is 1. The number of aromatic nitrogens is 2. The molecule has 42 heavy (non-hydrogen) atoms. The third kappa shape index (κ3) is 5.31. The molecule has 1 aromatic heterocycles. The Morgan fingerprint density at radius 2 is 1.81 bits per heavy atom. The summed E-state index contributed by atoms with van der Waals surface area (Å²) in [6.07, 6.45) is 1.61. The number of fused-ring (bicyclic) bond motifs is 3. The van der Waals surface area contributed by atoms with Gasteiger partial charge in [0.15, 0.2) is 5.96 Å². The Hall–Kier alpha value is -4.74. The van der Waals surface area contributed by atoms with Gasteiger partial charge in [-0.1, -0.05) is 29.8 Å². The first-order valence-corrected chi connectivity index (χ1v) is 13.5. The van der Waals surface area contributed by atoms with E-state index in [4.69, 9.17) is 22.0 Å². The van der Waals surface area contributed by atoms with Crippen molar-refractivity contribution < 1.29 is 13.6 Å². The third-order valence-corrected chi connectivity index (χ3v) is 7.42. The normalized spacial score (nSPS) is 14.2. The summed E-state index contributed by atoms with van der Waals surface area (Å²) in [5, 5.41) is 17.4. The Morgan fingerprint density at radius 3 is 2.57 bits per heavy atom. The topological polar surface area (TPSA) is 118 Å². The van der Waals surface area contributed by atoms with Crippen LogP contribution >= 0.6 is 11.6 Å². The second kappa shape index (κ2) is 11.3. The maximum absolute atomic E-state index is 14.8. The van der Waals surface area contributed by atoms with Crippen LogP contribution in [0.1, 0.15) is 27.0 Å². The molecule has 12 heteroatoms. The zero-order valence-corrected chi connectivity index (χ0v) is 23.1. The fourth-order valence-electron chi connectivity index (χ4n) is 4.89. The SMILES string of the molecule is CNC1CN(C(=N)NC(=O)c2cccc(Nc3ncc4c(n3)-c3ccc(Cl)cc3C(c3c(F)cccc3F)=NC4)c2)C1. The lowest BCUT2D eigenvalue weighted by molar-refractivity contribution is 0.0965. The Kier molecular flexibility index (Phi) is 7.36. The van der Waals surface area contributed by atoms with Crippen LogP contribution in [-0.4, -0.2) is 58.6 Å². The molecule has 2 aliphatic heterocycles. The van der Waals surface area contributed by atoms with Gasteiger partial charge in [-0.3, -0.25) is 20.5 Å². The smallest absolute Gasteiger partial charge is 0.258 e. The summed E-state index contributed by atoms with van der Waals surface area (Å²) in [7, 11) is 1.86. The first kappa shape index (κ1) is 27.4. The highest BCUT2D eigenvalue weighted by Crippen LogP contribution is 2.34. The maximum atomic E-state index is 14.8. The number of amides is 1. The van der Waals surface area contributed by atoms with E-state index in [1.165, 1.54) is 18.2 Å². The van der Waals surface area contributed by atoms with E-state index in [1.807, 2.05) is 7.05 Å². The fraction of sp³-hybridized carbons (Fsp3) is 0.167. The van der Waals surface area contributed by atoms with Gasteiger partial charge < -0.3 is 15.5 Å². The molecule has 0 saturated carbocycles. The van der Waals surface area contributed by atoms with Gasteiger partial charge in [-0.05, 0) is 49.5 Å². The van der Waals surface area contributed by atoms with Gasteiger partial charge in [0.25, 0.3) is 5.91 Å². The van der Waals surface area contributed by atoms with Crippen LogP contribution in [0.3, 0.4) is 0 Å². The van der Waals surface area contributed by atoms with Gasteiger partial charge >= 0.3 is 0 Å². The lowest BCUT2D eigenvalue weighted by Crippen LogP contribution is -2.62. The van der Waals surface area contributed by atoms with Crippen LogP contribution in [0.5, 0.6) is 0 Å². The number of likely N-dealkylation sites (tertiary alicyclic amines) is 1. The van der Waals surface area contributed by atoms with E-state index in [2.05, 4.69) is 25.9 Å². The predicted molar refractivity (Wildman–Crippen MR) is 158 cm³/mol. The molecule has 3 heterocycles. The first-order chi connectivity index (χ1) is 20.3. The van der Waals surface area contributed by atoms with Crippen LogP contribution in [-0.2, 0) is 6.54 Å². The summed E-state index contributed by atoms with van der Waals surface area (Å²) in [4.78, 5) is 28.3. The van der Waals surface area contributed by atoms with E-state index < -0.39 is 17.5 Å². The maximum Gasteiger partial charge on any atom is 0.258 e. The van der Waals surface area contributed by atoms with E-state index in [0.29, 0.717) is 57.8 Å². The van der Waals surface area contributed by atoms with Crippen LogP contribution in [0.4, 0.5) is 20.4 Å². The molecule has 212 valence electrons. The summed E-state index contributed by atoms with van der Waals surface area (Å²) in [5.41, 5.74) is 3.05. The van der Waals surface area contributed by atoms with Crippen LogP contribution in [0.15, 0.2) is 71.9 Å². The number of guanidine groups is 1. The molecule has 1 fully saturated rings. The Balaban J connectivity index is 1.27. The molecule has 1 amide bonds. The number of hydrogen-bond acceptors (Lipinski definition) is 7. The number of rotatable bonds is 5. The molecule has 0 unspecified atom stereocenters. The van der Waals surface area contributed by atoms with Crippen LogP contribution < -0.4 is 16.0 Å². The minimum atomic E-state index is -0.731. The van der Waals surface area contributed by atoms with E-state index >= 15 is 0 Å². The van der Waals surface area contributed by atoms with Crippen molar-refractivity contribution in [2.24, 2.45) is 4.99 Å². The number of nitrogens with zero attached hydrogens (tertiary/aromatic N) is 4. The highest BCUT2D eigenvalue weighted by molar-refractivity contribution is 6.31. The minimum Gasteiger partial charge on any atom is -0.340 e. The van der Waals surface area contributed by atoms with E-state index in [9.17, 15) is 13.6 Å². The fourth-order valence-corrected chi connectivity index (χ4v) is 5.06. The monoisotopic (exact) mass is 586 g/mol. The lowest BCUT2D eigenvalue weighted by atomic mass is 9.95. The summed E-state index contributed by atoms with van der Waals surface area (Å²) in [6, 6.07) is 15.8. The van der Waals surface area contributed by atoms with E-state index in [1.54, 1.807) is 53.6 Å². The quantitative estimate of drug-likeness (QED) is 0.198. The number of hydrogen-bond donors (Lipinski definition) is 4. The van der Waals surface area contributed by atoms with Crippen LogP contribution in [0.2, 0.25) is 5.02 Å². The number of anilines is 2. The molecule has 0 spiro atoms. The molecule has 9 nitrogen and oxygen atoms in total. The summed E-state index contributed by atoms with van der Waals surface area (Å²) >= 11 is 6.30. The number of aliphatic imine (C=N–C) groups is 1. The minimum absolute atomic E-state index is 0.0505. The Labute approximate surface area is 245 Å². The molecule has 0 bridgehead atoms. The number of benzene rings is 3.